The van der Waals surface area contributed by atoms with E-state index < -0.39 is 0 Å². The summed E-state index contributed by atoms with van der Waals surface area (Å²) in [6, 6.07) is 7.86. The second-order valence-corrected chi connectivity index (χ2v) is 6.95. The summed E-state index contributed by atoms with van der Waals surface area (Å²) in [6.45, 7) is 3.01. The van der Waals surface area contributed by atoms with Crippen molar-refractivity contribution in [2.75, 3.05) is 19.4 Å². The maximum absolute atomic E-state index is 12.6. The van der Waals surface area contributed by atoms with Gasteiger partial charge in [0.25, 0.3) is 0 Å². The lowest BCUT2D eigenvalue weighted by Crippen LogP contribution is -2.44. The number of benzene rings is 1. The van der Waals surface area contributed by atoms with E-state index in [2.05, 4.69) is 22.4 Å². The number of ether oxygens (including phenoxy) is 1. The molecule has 2 heterocycles. The molecule has 1 saturated heterocycles. The maximum Gasteiger partial charge on any atom is 0.233 e. The summed E-state index contributed by atoms with van der Waals surface area (Å²) in [5.74, 6) is 1.30. The van der Waals surface area contributed by atoms with Crippen LogP contribution in [-0.4, -0.2) is 56.5 Å². The zero-order valence-electron chi connectivity index (χ0n) is 14.6. The average Bonchev–Trinajstić information content (AvgIpc) is 3.14. The van der Waals surface area contributed by atoms with Crippen molar-refractivity contribution in [1.82, 2.24) is 25.1 Å². The summed E-state index contributed by atoms with van der Waals surface area (Å²) in [7, 11) is 1.63. The van der Waals surface area contributed by atoms with E-state index in [1.54, 1.807) is 11.8 Å². The smallest absolute Gasteiger partial charge is 0.233 e. The standard InChI is InChI=1S/C17H23N5O2S/c1-3-13-6-4-5-11-21(13)16(23)12-25-17-18-19-20-22(17)14-7-9-15(24-2)10-8-14/h7-10,13H,3-6,11-12H2,1-2H3/t13-/m1/s1. The van der Waals surface area contributed by atoms with Gasteiger partial charge < -0.3 is 9.64 Å². The molecule has 0 radical (unpaired) electrons. The second kappa shape index (κ2) is 8.33. The number of rotatable bonds is 6. The number of likely N-dealkylation sites (tertiary alicyclic amines) is 1. The Balaban J connectivity index is 1.65. The molecule has 1 fully saturated rings. The van der Waals surface area contributed by atoms with Crippen molar-refractivity contribution in [3.05, 3.63) is 24.3 Å². The number of hydrogen-bond donors (Lipinski definition) is 0. The van der Waals surface area contributed by atoms with Gasteiger partial charge in [0, 0.05) is 12.6 Å². The third-order valence-corrected chi connectivity index (χ3v) is 5.41. The molecular weight excluding hydrogens is 338 g/mol. The van der Waals surface area contributed by atoms with Crippen LogP contribution in [0.5, 0.6) is 5.75 Å². The highest BCUT2D eigenvalue weighted by atomic mass is 32.2. The third kappa shape index (κ3) is 4.12. The summed E-state index contributed by atoms with van der Waals surface area (Å²) in [6.07, 6.45) is 4.43. The number of nitrogens with zero attached hydrogens (tertiary/aromatic N) is 5. The van der Waals surface area contributed by atoms with E-state index in [9.17, 15) is 4.79 Å². The zero-order chi connectivity index (χ0) is 17.6. The fourth-order valence-corrected chi connectivity index (χ4v) is 3.89. The Bertz CT molecular complexity index is 703. The molecule has 7 nitrogen and oxygen atoms in total. The first-order valence-electron chi connectivity index (χ1n) is 8.58. The fraction of sp³-hybridized carbons (Fsp3) is 0.529. The van der Waals surface area contributed by atoms with E-state index in [0.717, 1.165) is 37.2 Å². The second-order valence-electron chi connectivity index (χ2n) is 6.00. The Morgan fingerprint density at radius 1 is 1.32 bits per heavy atom. The third-order valence-electron chi connectivity index (χ3n) is 4.50. The summed E-state index contributed by atoms with van der Waals surface area (Å²) in [5, 5.41) is 12.4. The number of piperidine rings is 1. The molecule has 0 bridgehead atoms. The maximum atomic E-state index is 12.6. The van der Waals surface area contributed by atoms with Crippen LogP contribution in [0.3, 0.4) is 0 Å². The van der Waals surface area contributed by atoms with Gasteiger partial charge in [0.2, 0.25) is 11.1 Å². The molecule has 0 aliphatic carbocycles. The fourth-order valence-electron chi connectivity index (χ4n) is 3.12. The number of hydrogen-bond acceptors (Lipinski definition) is 6. The molecule has 1 aromatic heterocycles. The lowest BCUT2D eigenvalue weighted by molar-refractivity contribution is -0.132. The highest BCUT2D eigenvalue weighted by molar-refractivity contribution is 7.99. The van der Waals surface area contributed by atoms with E-state index in [0.29, 0.717) is 17.0 Å². The van der Waals surface area contributed by atoms with Crippen molar-refractivity contribution in [2.24, 2.45) is 0 Å². The predicted molar refractivity (Wildman–Crippen MR) is 96.1 cm³/mol. The molecule has 1 amide bonds. The highest BCUT2D eigenvalue weighted by Gasteiger charge is 2.25. The van der Waals surface area contributed by atoms with Crippen LogP contribution in [0.4, 0.5) is 0 Å². The molecule has 8 heteroatoms. The Kier molecular flexibility index (Phi) is 5.91. The predicted octanol–water partition coefficient (Wildman–Crippen LogP) is 2.55. The molecule has 1 aliphatic rings. The van der Waals surface area contributed by atoms with Crippen LogP contribution in [0.1, 0.15) is 32.6 Å². The van der Waals surface area contributed by atoms with Gasteiger partial charge in [-0.3, -0.25) is 4.79 Å². The first-order valence-corrected chi connectivity index (χ1v) is 9.56. The zero-order valence-corrected chi connectivity index (χ0v) is 15.4. The summed E-state index contributed by atoms with van der Waals surface area (Å²) in [5.41, 5.74) is 0.838. The number of aromatic nitrogens is 4. The van der Waals surface area contributed by atoms with E-state index in [4.69, 9.17) is 4.74 Å². The number of tetrazole rings is 1. The van der Waals surface area contributed by atoms with E-state index in [-0.39, 0.29) is 5.91 Å². The molecule has 1 aliphatic heterocycles. The normalized spacial score (nSPS) is 17.5. The topological polar surface area (TPSA) is 73.1 Å². The van der Waals surface area contributed by atoms with Crippen LogP contribution in [-0.2, 0) is 4.79 Å². The molecule has 1 atom stereocenters. The molecular formula is C17H23N5O2S. The first kappa shape index (κ1) is 17.7. The Morgan fingerprint density at radius 3 is 2.84 bits per heavy atom. The van der Waals surface area contributed by atoms with Gasteiger partial charge in [0.05, 0.1) is 18.6 Å². The van der Waals surface area contributed by atoms with Crippen molar-refractivity contribution in [3.8, 4) is 11.4 Å². The van der Waals surface area contributed by atoms with E-state index in [1.807, 2.05) is 29.2 Å². The van der Waals surface area contributed by atoms with Crippen molar-refractivity contribution in [1.29, 1.82) is 0 Å². The lowest BCUT2D eigenvalue weighted by atomic mass is 10.0. The van der Waals surface area contributed by atoms with Gasteiger partial charge in [0.1, 0.15) is 5.75 Å². The number of amides is 1. The number of thioether (sulfide) groups is 1. The van der Waals surface area contributed by atoms with Gasteiger partial charge in [-0.2, -0.15) is 4.68 Å². The molecule has 2 aromatic rings. The van der Waals surface area contributed by atoms with Crippen molar-refractivity contribution in [2.45, 2.75) is 43.8 Å². The highest BCUT2D eigenvalue weighted by Crippen LogP contribution is 2.24. The lowest BCUT2D eigenvalue weighted by Gasteiger charge is -2.35. The molecule has 25 heavy (non-hydrogen) atoms. The SMILES string of the molecule is CC[C@@H]1CCCCN1C(=O)CSc1nnnn1-c1ccc(OC)cc1. The Morgan fingerprint density at radius 2 is 2.12 bits per heavy atom. The van der Waals surface area contributed by atoms with Gasteiger partial charge in [-0.05, 0) is 60.4 Å². The van der Waals surface area contributed by atoms with Crippen LogP contribution >= 0.6 is 11.8 Å². The largest absolute Gasteiger partial charge is 0.497 e. The number of carbonyl (C=O) groups is 1. The monoisotopic (exact) mass is 361 g/mol. The molecule has 3 rings (SSSR count). The van der Waals surface area contributed by atoms with Crippen LogP contribution in [0.25, 0.3) is 5.69 Å². The molecule has 1 aromatic carbocycles. The minimum absolute atomic E-state index is 0.167. The van der Waals surface area contributed by atoms with Gasteiger partial charge >= 0.3 is 0 Å². The van der Waals surface area contributed by atoms with Gasteiger partial charge in [-0.25, -0.2) is 0 Å². The summed E-state index contributed by atoms with van der Waals surface area (Å²) in [4.78, 5) is 14.6. The number of methoxy groups -OCH3 is 1. The molecule has 0 N–H and O–H groups in total. The van der Waals surface area contributed by atoms with Gasteiger partial charge in [-0.1, -0.05) is 18.7 Å². The summed E-state index contributed by atoms with van der Waals surface area (Å²) >= 11 is 1.38. The molecule has 0 unspecified atom stereocenters. The van der Waals surface area contributed by atoms with Crippen LogP contribution in [0.2, 0.25) is 0 Å². The Labute approximate surface area is 151 Å². The average molecular weight is 361 g/mol. The van der Waals surface area contributed by atoms with Gasteiger partial charge in [0.15, 0.2) is 0 Å². The van der Waals surface area contributed by atoms with E-state index in [1.165, 1.54) is 18.2 Å². The first-order chi connectivity index (χ1) is 12.2. The molecule has 0 spiro atoms. The quantitative estimate of drug-likeness (QED) is 0.736. The van der Waals surface area contributed by atoms with Crippen LogP contribution in [0.15, 0.2) is 29.4 Å². The van der Waals surface area contributed by atoms with Crippen molar-refractivity contribution in [3.63, 3.8) is 0 Å². The van der Waals surface area contributed by atoms with Crippen LogP contribution in [0, 0.1) is 0 Å². The van der Waals surface area contributed by atoms with Crippen molar-refractivity contribution >= 4 is 17.7 Å². The number of carbonyl (C=O) groups excluding carboxylic acids is 1. The molecule has 134 valence electrons. The van der Waals surface area contributed by atoms with Crippen LogP contribution < -0.4 is 4.74 Å². The summed E-state index contributed by atoms with van der Waals surface area (Å²) < 4.78 is 6.81. The van der Waals surface area contributed by atoms with Crippen molar-refractivity contribution < 1.29 is 9.53 Å². The van der Waals surface area contributed by atoms with Gasteiger partial charge in [-0.15, -0.1) is 5.10 Å². The van der Waals surface area contributed by atoms with E-state index >= 15 is 0 Å². The Hall–Kier alpha value is -2.09. The molecule has 0 saturated carbocycles. The minimum atomic E-state index is 0.167. The minimum Gasteiger partial charge on any atom is -0.497 e.